The molecule has 2 heterocycles. The first-order valence-electron chi connectivity index (χ1n) is 7.89. The van der Waals surface area contributed by atoms with Crippen molar-refractivity contribution in [2.45, 2.75) is 4.90 Å². The summed E-state index contributed by atoms with van der Waals surface area (Å²) in [6.45, 7) is 1.15. The van der Waals surface area contributed by atoms with Gasteiger partial charge in [-0.2, -0.15) is 9.57 Å². The predicted molar refractivity (Wildman–Crippen MR) is 98.0 cm³/mol. The normalized spacial score (nSPS) is 15.3. The van der Waals surface area contributed by atoms with Crippen LogP contribution in [-0.2, 0) is 10.0 Å². The first kappa shape index (κ1) is 19.0. The SMILES string of the molecule is N#Cc1nc(N2CCN(S(=O)(=O)c3ccc(Cl)cc3)CC2)ccc1[N+](=O)[O-]. The summed E-state index contributed by atoms with van der Waals surface area (Å²) < 4.78 is 26.7. The molecule has 0 bridgehead atoms. The zero-order chi connectivity index (χ0) is 19.6. The van der Waals surface area contributed by atoms with Crippen molar-refractivity contribution in [3.8, 4) is 6.07 Å². The van der Waals surface area contributed by atoms with Crippen LogP contribution in [0.1, 0.15) is 5.69 Å². The summed E-state index contributed by atoms with van der Waals surface area (Å²) in [5.41, 5.74) is -0.626. The Bertz CT molecular complexity index is 1010. The van der Waals surface area contributed by atoms with E-state index >= 15 is 0 Å². The third-order valence-corrected chi connectivity index (χ3v) is 6.34. The number of hydrogen-bond acceptors (Lipinski definition) is 7. The fourth-order valence-corrected chi connectivity index (χ4v) is 4.31. The molecule has 1 saturated heterocycles. The van der Waals surface area contributed by atoms with E-state index in [1.54, 1.807) is 11.0 Å². The second-order valence-corrected chi connectivity index (χ2v) is 8.13. The Hall–Kier alpha value is -2.74. The van der Waals surface area contributed by atoms with Gasteiger partial charge in [0.2, 0.25) is 15.7 Å². The molecule has 1 aromatic carbocycles. The van der Waals surface area contributed by atoms with Gasteiger partial charge in [0.25, 0.3) is 0 Å². The Morgan fingerprint density at radius 1 is 1.11 bits per heavy atom. The van der Waals surface area contributed by atoms with Crippen molar-refractivity contribution in [3.05, 3.63) is 57.2 Å². The number of anilines is 1. The highest BCUT2D eigenvalue weighted by molar-refractivity contribution is 7.89. The van der Waals surface area contributed by atoms with E-state index in [4.69, 9.17) is 16.9 Å². The molecule has 1 aliphatic heterocycles. The Morgan fingerprint density at radius 3 is 2.30 bits per heavy atom. The van der Waals surface area contributed by atoms with Crippen LogP contribution in [0.5, 0.6) is 0 Å². The van der Waals surface area contributed by atoms with E-state index in [1.165, 1.54) is 40.7 Å². The van der Waals surface area contributed by atoms with Crippen LogP contribution in [0.25, 0.3) is 0 Å². The van der Waals surface area contributed by atoms with Gasteiger partial charge >= 0.3 is 5.69 Å². The molecule has 1 fully saturated rings. The number of rotatable bonds is 4. The molecule has 27 heavy (non-hydrogen) atoms. The van der Waals surface area contributed by atoms with Crippen molar-refractivity contribution in [1.82, 2.24) is 9.29 Å². The molecule has 0 unspecified atom stereocenters. The van der Waals surface area contributed by atoms with E-state index in [0.29, 0.717) is 23.9 Å². The largest absolute Gasteiger partial charge is 0.354 e. The smallest absolute Gasteiger partial charge is 0.305 e. The quantitative estimate of drug-likeness (QED) is 0.561. The van der Waals surface area contributed by atoms with Crippen LogP contribution in [0.2, 0.25) is 5.02 Å². The van der Waals surface area contributed by atoms with Crippen LogP contribution in [0, 0.1) is 21.4 Å². The third-order valence-electron chi connectivity index (χ3n) is 4.18. The summed E-state index contributed by atoms with van der Waals surface area (Å²) in [4.78, 5) is 16.2. The average molecular weight is 408 g/mol. The minimum Gasteiger partial charge on any atom is -0.354 e. The lowest BCUT2D eigenvalue weighted by atomic mass is 10.3. The van der Waals surface area contributed by atoms with Gasteiger partial charge in [0.05, 0.1) is 9.82 Å². The summed E-state index contributed by atoms with van der Waals surface area (Å²) in [5.74, 6) is 0.403. The number of benzene rings is 1. The lowest BCUT2D eigenvalue weighted by Crippen LogP contribution is -2.48. The summed E-state index contributed by atoms with van der Waals surface area (Å²) in [6, 6.07) is 10.4. The molecule has 0 saturated carbocycles. The van der Waals surface area contributed by atoms with Crippen LogP contribution in [0.15, 0.2) is 41.3 Å². The predicted octanol–water partition coefficient (Wildman–Crippen LogP) is 2.03. The fraction of sp³-hybridized carbons (Fsp3) is 0.250. The molecule has 3 rings (SSSR count). The Balaban J connectivity index is 1.75. The van der Waals surface area contributed by atoms with E-state index < -0.39 is 14.9 Å². The van der Waals surface area contributed by atoms with Gasteiger partial charge < -0.3 is 4.90 Å². The Kier molecular flexibility index (Phi) is 5.27. The van der Waals surface area contributed by atoms with Crippen LogP contribution < -0.4 is 4.90 Å². The van der Waals surface area contributed by atoms with Crippen molar-refractivity contribution in [1.29, 1.82) is 5.26 Å². The van der Waals surface area contributed by atoms with Crippen molar-refractivity contribution >= 4 is 33.1 Å². The maximum atomic E-state index is 12.7. The zero-order valence-corrected chi connectivity index (χ0v) is 15.5. The maximum Gasteiger partial charge on any atom is 0.305 e. The van der Waals surface area contributed by atoms with Crippen molar-refractivity contribution in [3.63, 3.8) is 0 Å². The van der Waals surface area contributed by atoms with Gasteiger partial charge in [0.15, 0.2) is 0 Å². The summed E-state index contributed by atoms with van der Waals surface area (Å²) >= 11 is 5.80. The van der Waals surface area contributed by atoms with E-state index in [-0.39, 0.29) is 29.4 Å². The topological polar surface area (TPSA) is 120 Å². The minimum atomic E-state index is -3.63. The number of piperazine rings is 1. The van der Waals surface area contributed by atoms with Gasteiger partial charge in [-0.15, -0.1) is 0 Å². The Morgan fingerprint density at radius 2 is 1.74 bits per heavy atom. The van der Waals surface area contributed by atoms with E-state index in [9.17, 15) is 18.5 Å². The molecule has 0 amide bonds. The molecule has 0 aliphatic carbocycles. The first-order valence-corrected chi connectivity index (χ1v) is 9.71. The third kappa shape index (κ3) is 3.85. The summed E-state index contributed by atoms with van der Waals surface area (Å²) in [6.07, 6.45) is 0. The Labute approximate surface area is 160 Å². The van der Waals surface area contributed by atoms with E-state index in [2.05, 4.69) is 4.98 Å². The van der Waals surface area contributed by atoms with Gasteiger partial charge in [0, 0.05) is 37.3 Å². The number of nitrogens with zero attached hydrogens (tertiary/aromatic N) is 5. The highest BCUT2D eigenvalue weighted by Crippen LogP contribution is 2.24. The standard InChI is InChI=1S/C16H14ClN5O4S/c17-12-1-3-13(4-2-12)27(25,26)21-9-7-20(8-10-21)16-6-5-15(22(23)24)14(11-18)19-16/h1-6H,7-10H2. The molecule has 11 heteroatoms. The molecule has 0 spiro atoms. The molecule has 0 N–H and O–H groups in total. The lowest BCUT2D eigenvalue weighted by molar-refractivity contribution is -0.385. The van der Waals surface area contributed by atoms with Gasteiger partial charge in [-0.05, 0) is 30.3 Å². The molecule has 9 nitrogen and oxygen atoms in total. The highest BCUT2D eigenvalue weighted by atomic mass is 35.5. The summed E-state index contributed by atoms with van der Waals surface area (Å²) in [5, 5.41) is 20.4. The monoisotopic (exact) mass is 407 g/mol. The second-order valence-electron chi connectivity index (χ2n) is 5.75. The molecule has 0 radical (unpaired) electrons. The van der Waals surface area contributed by atoms with E-state index in [1.807, 2.05) is 0 Å². The number of halogens is 1. The molecule has 2 aromatic rings. The van der Waals surface area contributed by atoms with Crippen molar-refractivity contribution in [2.75, 3.05) is 31.1 Å². The average Bonchev–Trinajstić information content (AvgIpc) is 2.67. The van der Waals surface area contributed by atoms with Crippen molar-refractivity contribution in [2.24, 2.45) is 0 Å². The van der Waals surface area contributed by atoms with Crippen LogP contribution in [0.4, 0.5) is 11.5 Å². The van der Waals surface area contributed by atoms with E-state index in [0.717, 1.165) is 0 Å². The minimum absolute atomic E-state index is 0.167. The molecule has 140 valence electrons. The maximum absolute atomic E-state index is 12.7. The van der Waals surface area contributed by atoms with Crippen LogP contribution in [0.3, 0.4) is 0 Å². The first-order chi connectivity index (χ1) is 12.8. The second kappa shape index (κ2) is 7.48. The fourth-order valence-electron chi connectivity index (χ4n) is 2.76. The van der Waals surface area contributed by atoms with Gasteiger partial charge in [-0.25, -0.2) is 13.4 Å². The number of nitriles is 1. The lowest BCUT2D eigenvalue weighted by Gasteiger charge is -2.34. The van der Waals surface area contributed by atoms with Gasteiger partial charge in [-0.3, -0.25) is 10.1 Å². The summed E-state index contributed by atoms with van der Waals surface area (Å²) in [7, 11) is -3.63. The molecule has 1 aliphatic rings. The molecule has 1 aromatic heterocycles. The molecular formula is C16H14ClN5O4S. The van der Waals surface area contributed by atoms with Crippen molar-refractivity contribution < 1.29 is 13.3 Å². The highest BCUT2D eigenvalue weighted by Gasteiger charge is 2.29. The van der Waals surface area contributed by atoms with Gasteiger partial charge in [0.1, 0.15) is 11.9 Å². The number of hydrogen-bond donors (Lipinski definition) is 0. The molecular weight excluding hydrogens is 394 g/mol. The molecule has 0 atom stereocenters. The zero-order valence-electron chi connectivity index (χ0n) is 13.9. The number of nitro groups is 1. The van der Waals surface area contributed by atoms with Crippen LogP contribution >= 0.6 is 11.6 Å². The number of sulfonamides is 1. The van der Waals surface area contributed by atoms with Crippen LogP contribution in [-0.4, -0.2) is 48.8 Å². The number of aromatic nitrogens is 1. The number of pyridine rings is 1. The van der Waals surface area contributed by atoms with Gasteiger partial charge in [-0.1, -0.05) is 11.6 Å².